The van der Waals surface area contributed by atoms with Gasteiger partial charge in [0.2, 0.25) is 5.91 Å². The van der Waals surface area contributed by atoms with Crippen LogP contribution in [0.5, 0.6) is 0 Å². The van der Waals surface area contributed by atoms with Gasteiger partial charge in [-0.15, -0.1) is 0 Å². The van der Waals surface area contributed by atoms with Crippen LogP contribution in [0.3, 0.4) is 0 Å². The van der Waals surface area contributed by atoms with E-state index in [0.717, 1.165) is 6.54 Å². The zero-order chi connectivity index (χ0) is 11.3. The van der Waals surface area contributed by atoms with E-state index in [0.29, 0.717) is 18.8 Å². The molecule has 0 aromatic carbocycles. The van der Waals surface area contributed by atoms with E-state index < -0.39 is 6.04 Å². The Balaban J connectivity index is 2.65. The van der Waals surface area contributed by atoms with E-state index >= 15 is 0 Å². The molecule has 0 spiro atoms. The molecular weight excluding hydrogens is 216 g/mol. The van der Waals surface area contributed by atoms with E-state index in [1.165, 1.54) is 18.9 Å². The summed E-state index contributed by atoms with van der Waals surface area (Å²) in [7, 11) is 1.34. The molecule has 1 rings (SSSR count). The van der Waals surface area contributed by atoms with Crippen molar-refractivity contribution in [3.05, 3.63) is 0 Å². The first-order chi connectivity index (χ1) is 7.20. The van der Waals surface area contributed by atoms with Gasteiger partial charge in [0.15, 0.2) is 0 Å². The van der Waals surface area contributed by atoms with Crippen LogP contribution in [0.25, 0.3) is 0 Å². The molecule has 5 nitrogen and oxygen atoms in total. The predicted molar refractivity (Wildman–Crippen MR) is 58.8 cm³/mol. The molecule has 86 valence electrons. The number of methoxy groups -OCH3 is 1. The Bertz CT molecular complexity index is 248. The lowest BCUT2D eigenvalue weighted by atomic mass is 10.2. The number of amides is 1. The number of carbonyl (C=O) groups excluding carboxylic acids is 2. The molecule has 0 aliphatic carbocycles. The Morgan fingerprint density at radius 3 is 2.93 bits per heavy atom. The number of hydrogen-bond donors (Lipinski definition) is 1. The van der Waals surface area contributed by atoms with E-state index in [4.69, 9.17) is 0 Å². The summed E-state index contributed by atoms with van der Waals surface area (Å²) in [6.45, 7) is 1.78. The van der Waals surface area contributed by atoms with Gasteiger partial charge in [-0.1, -0.05) is 0 Å². The summed E-state index contributed by atoms with van der Waals surface area (Å²) in [5, 5.41) is 3.08. The lowest BCUT2D eigenvalue weighted by molar-refractivity contribution is -0.152. The van der Waals surface area contributed by atoms with Crippen LogP contribution in [0.15, 0.2) is 0 Å². The number of rotatable bonds is 3. The van der Waals surface area contributed by atoms with Gasteiger partial charge in [0.25, 0.3) is 0 Å². The number of ether oxygens (including phenoxy) is 1. The molecule has 1 N–H and O–H groups in total. The summed E-state index contributed by atoms with van der Waals surface area (Å²) in [5.41, 5.74) is 0. The minimum atomic E-state index is -0.469. The third-order valence-electron chi connectivity index (χ3n) is 2.30. The molecule has 1 saturated heterocycles. The fraction of sp³-hybridized carbons (Fsp3) is 0.778. The number of nitrogens with one attached hydrogen (secondary N) is 1. The molecule has 0 bridgehead atoms. The second-order valence-corrected chi connectivity index (χ2v) is 4.13. The highest BCUT2D eigenvalue weighted by Gasteiger charge is 2.32. The first-order valence-electron chi connectivity index (χ1n) is 4.77. The summed E-state index contributed by atoms with van der Waals surface area (Å²) in [6.07, 6.45) is 1.87. The molecule has 1 aliphatic rings. The van der Waals surface area contributed by atoms with Gasteiger partial charge in [-0.3, -0.25) is 4.79 Å². The van der Waals surface area contributed by atoms with E-state index in [9.17, 15) is 9.59 Å². The van der Waals surface area contributed by atoms with Crippen LogP contribution in [-0.4, -0.2) is 61.6 Å². The fourth-order valence-electron chi connectivity index (χ4n) is 1.56. The molecule has 0 radical (unpaired) electrons. The van der Waals surface area contributed by atoms with Crippen LogP contribution in [0.4, 0.5) is 0 Å². The van der Waals surface area contributed by atoms with Gasteiger partial charge < -0.3 is 15.0 Å². The van der Waals surface area contributed by atoms with E-state index in [-0.39, 0.29) is 11.9 Å². The highest BCUT2D eigenvalue weighted by Crippen LogP contribution is 2.08. The molecule has 0 aromatic rings. The van der Waals surface area contributed by atoms with Crippen molar-refractivity contribution in [1.29, 1.82) is 0 Å². The average Bonchev–Trinajstić information content (AvgIpc) is 2.28. The molecule has 1 fully saturated rings. The second-order valence-electron chi connectivity index (χ2n) is 3.26. The lowest BCUT2D eigenvalue weighted by Gasteiger charge is -2.34. The fourth-order valence-corrected chi connectivity index (χ4v) is 1.97. The highest BCUT2D eigenvalue weighted by atomic mass is 32.2. The van der Waals surface area contributed by atoms with Crippen molar-refractivity contribution in [2.75, 3.05) is 38.8 Å². The quantitative estimate of drug-likeness (QED) is 0.654. The lowest BCUT2D eigenvalue weighted by Crippen LogP contribution is -2.57. The molecule has 0 saturated carbocycles. The largest absolute Gasteiger partial charge is 0.467 e. The Labute approximate surface area is 93.5 Å². The van der Waals surface area contributed by atoms with Crippen molar-refractivity contribution in [1.82, 2.24) is 10.2 Å². The number of hydrogen-bond acceptors (Lipinski definition) is 5. The van der Waals surface area contributed by atoms with Crippen LogP contribution in [0.1, 0.15) is 0 Å². The minimum Gasteiger partial charge on any atom is -0.467 e. The summed E-state index contributed by atoms with van der Waals surface area (Å²) < 4.78 is 4.67. The Morgan fingerprint density at radius 1 is 1.60 bits per heavy atom. The number of thioether (sulfide) groups is 1. The summed E-state index contributed by atoms with van der Waals surface area (Å²) in [6, 6.07) is -0.469. The van der Waals surface area contributed by atoms with Gasteiger partial charge in [0.05, 0.1) is 12.9 Å². The molecule has 1 atom stereocenters. The van der Waals surface area contributed by atoms with Crippen LogP contribution in [0.2, 0.25) is 0 Å². The van der Waals surface area contributed by atoms with Crippen molar-refractivity contribution < 1.29 is 14.3 Å². The molecule has 1 amide bonds. The number of carbonyl (C=O) groups is 2. The van der Waals surface area contributed by atoms with Crippen molar-refractivity contribution in [2.45, 2.75) is 6.04 Å². The summed E-state index contributed by atoms with van der Waals surface area (Å²) in [4.78, 5) is 24.7. The van der Waals surface area contributed by atoms with Gasteiger partial charge in [-0.2, -0.15) is 11.8 Å². The number of esters is 1. The molecule has 1 aliphatic heterocycles. The summed E-state index contributed by atoms with van der Waals surface area (Å²) in [5.74, 6) is 0.0593. The molecule has 15 heavy (non-hydrogen) atoms. The second kappa shape index (κ2) is 5.97. The molecule has 0 aromatic heterocycles. The van der Waals surface area contributed by atoms with Gasteiger partial charge in [0, 0.05) is 19.6 Å². The minimum absolute atomic E-state index is 0.000556. The smallest absolute Gasteiger partial charge is 0.329 e. The number of piperazine rings is 1. The van der Waals surface area contributed by atoms with Gasteiger partial charge in [0.1, 0.15) is 6.04 Å². The maximum Gasteiger partial charge on any atom is 0.329 e. The Kier molecular flexibility index (Phi) is 4.90. The standard InChI is InChI=1S/C9H16N2O3S/c1-14-9(13)7-5-10-3-4-11(7)8(12)6-15-2/h7,10H,3-6H2,1-2H3. The predicted octanol–water partition coefficient (Wildman–Crippen LogP) is -0.677. The van der Waals surface area contributed by atoms with E-state index in [2.05, 4.69) is 10.1 Å². The van der Waals surface area contributed by atoms with Crippen molar-refractivity contribution in [3.8, 4) is 0 Å². The normalized spacial score (nSPS) is 21.2. The highest BCUT2D eigenvalue weighted by molar-refractivity contribution is 7.99. The first kappa shape index (κ1) is 12.3. The first-order valence-corrected chi connectivity index (χ1v) is 6.17. The Morgan fingerprint density at radius 2 is 2.33 bits per heavy atom. The zero-order valence-electron chi connectivity index (χ0n) is 8.99. The Hall–Kier alpha value is -0.750. The SMILES string of the molecule is COC(=O)C1CNCCN1C(=O)CSC. The van der Waals surface area contributed by atoms with Gasteiger partial charge in [-0.05, 0) is 6.26 Å². The topological polar surface area (TPSA) is 58.6 Å². The van der Waals surface area contributed by atoms with E-state index in [1.54, 1.807) is 4.90 Å². The van der Waals surface area contributed by atoms with Crippen LogP contribution < -0.4 is 5.32 Å². The number of nitrogens with zero attached hydrogens (tertiary/aromatic N) is 1. The van der Waals surface area contributed by atoms with Crippen LogP contribution in [0, 0.1) is 0 Å². The molecule has 1 heterocycles. The maximum absolute atomic E-state index is 11.7. The summed E-state index contributed by atoms with van der Waals surface area (Å²) >= 11 is 1.46. The molecule has 6 heteroatoms. The zero-order valence-corrected chi connectivity index (χ0v) is 9.80. The molecule has 1 unspecified atom stereocenters. The third-order valence-corrected chi connectivity index (χ3v) is 2.84. The van der Waals surface area contributed by atoms with Crippen molar-refractivity contribution >= 4 is 23.6 Å². The van der Waals surface area contributed by atoms with Crippen LogP contribution in [-0.2, 0) is 14.3 Å². The molecular formula is C9H16N2O3S. The van der Waals surface area contributed by atoms with Crippen LogP contribution >= 0.6 is 11.8 Å². The average molecular weight is 232 g/mol. The van der Waals surface area contributed by atoms with E-state index in [1.807, 2.05) is 6.26 Å². The monoisotopic (exact) mass is 232 g/mol. The third kappa shape index (κ3) is 3.10. The maximum atomic E-state index is 11.7. The van der Waals surface area contributed by atoms with Gasteiger partial charge in [-0.25, -0.2) is 4.79 Å². The van der Waals surface area contributed by atoms with Crippen molar-refractivity contribution in [2.24, 2.45) is 0 Å². The van der Waals surface area contributed by atoms with Gasteiger partial charge >= 0.3 is 5.97 Å². The van der Waals surface area contributed by atoms with Crippen molar-refractivity contribution in [3.63, 3.8) is 0 Å².